The molecule has 2 N–H and O–H groups in total. The van der Waals surface area contributed by atoms with E-state index < -0.39 is 0 Å². The largest absolute Gasteiger partial charge is 0.486 e. The van der Waals surface area contributed by atoms with Gasteiger partial charge in [-0.05, 0) is 36.4 Å². The van der Waals surface area contributed by atoms with Crippen LogP contribution >= 0.6 is 0 Å². The molecule has 124 valence electrons. The molecule has 4 rings (SSSR count). The Morgan fingerprint density at radius 3 is 3.04 bits per heavy atom. The number of nitrogens with one attached hydrogen (secondary N) is 2. The molecule has 0 radical (unpaired) electrons. The Kier molecular flexibility index (Phi) is 3.52. The first-order valence-electron chi connectivity index (χ1n) is 8.02. The van der Waals surface area contributed by atoms with Crippen LogP contribution in [-0.2, 0) is 17.9 Å². The first kappa shape index (κ1) is 14.8. The molecule has 1 saturated carbocycles. The monoisotopic (exact) mass is 325 g/mol. The van der Waals surface area contributed by atoms with Crippen LogP contribution in [0.3, 0.4) is 0 Å². The average molecular weight is 325 g/mol. The average Bonchev–Trinajstić information content (AvgIpc) is 3.03. The fourth-order valence-electron chi connectivity index (χ4n) is 2.62. The lowest BCUT2D eigenvalue weighted by Crippen LogP contribution is -2.29. The number of carbonyl (C=O) groups is 1. The number of fused-ring (bicyclic) bond motifs is 1. The predicted molar refractivity (Wildman–Crippen MR) is 88.3 cm³/mol. The lowest BCUT2D eigenvalue weighted by Gasteiger charge is -2.08. The zero-order valence-corrected chi connectivity index (χ0v) is 13.5. The minimum absolute atomic E-state index is 0.136. The highest BCUT2D eigenvalue weighted by molar-refractivity contribution is 5.85. The number of nitrogens with zero attached hydrogens (tertiary/aromatic N) is 1. The molecule has 0 aliphatic heterocycles. The highest BCUT2D eigenvalue weighted by Gasteiger charge is 2.44. The lowest BCUT2D eigenvalue weighted by atomic mass is 10.1. The minimum Gasteiger partial charge on any atom is -0.486 e. The van der Waals surface area contributed by atoms with Crippen LogP contribution < -0.4 is 10.1 Å². The van der Waals surface area contributed by atoms with Crippen LogP contribution in [0.1, 0.15) is 31.2 Å². The van der Waals surface area contributed by atoms with Crippen molar-refractivity contribution in [2.45, 2.75) is 32.9 Å². The molecule has 3 aromatic rings. The zero-order valence-electron chi connectivity index (χ0n) is 13.5. The van der Waals surface area contributed by atoms with Crippen molar-refractivity contribution in [3.63, 3.8) is 0 Å². The van der Waals surface area contributed by atoms with Gasteiger partial charge >= 0.3 is 0 Å². The molecule has 0 saturated heterocycles. The Balaban J connectivity index is 1.42. The number of aromatic amines is 1. The molecule has 0 unspecified atom stereocenters. The van der Waals surface area contributed by atoms with Gasteiger partial charge in [0.2, 0.25) is 5.91 Å². The summed E-state index contributed by atoms with van der Waals surface area (Å²) >= 11 is 0. The van der Waals surface area contributed by atoms with Crippen LogP contribution in [0.15, 0.2) is 41.3 Å². The quantitative estimate of drug-likeness (QED) is 0.729. The highest BCUT2D eigenvalue weighted by Crippen LogP contribution is 2.45. The van der Waals surface area contributed by atoms with E-state index in [0.29, 0.717) is 18.9 Å². The van der Waals surface area contributed by atoms with Crippen LogP contribution in [-0.4, -0.2) is 15.9 Å². The third kappa shape index (κ3) is 2.99. The van der Waals surface area contributed by atoms with Gasteiger partial charge in [-0.25, -0.2) is 4.98 Å². The van der Waals surface area contributed by atoms with E-state index in [1.165, 1.54) is 6.39 Å². The third-order valence-corrected chi connectivity index (χ3v) is 4.50. The fourth-order valence-corrected chi connectivity index (χ4v) is 2.62. The highest BCUT2D eigenvalue weighted by atomic mass is 16.5. The van der Waals surface area contributed by atoms with Crippen LogP contribution in [0.5, 0.6) is 5.75 Å². The SMILES string of the molecule is CC1(C(=O)NCc2cc3ccc(OCc4cnco4)cc3[nH]2)CC1. The number of amides is 1. The lowest BCUT2D eigenvalue weighted by molar-refractivity contribution is -0.125. The Morgan fingerprint density at radius 1 is 1.42 bits per heavy atom. The van der Waals surface area contributed by atoms with Crippen molar-refractivity contribution >= 4 is 16.8 Å². The summed E-state index contributed by atoms with van der Waals surface area (Å²) in [5, 5.41) is 4.09. The molecule has 2 heterocycles. The van der Waals surface area contributed by atoms with Gasteiger partial charge in [0.15, 0.2) is 12.2 Å². The summed E-state index contributed by atoms with van der Waals surface area (Å²) in [6, 6.07) is 7.90. The number of hydrogen-bond acceptors (Lipinski definition) is 4. The molecule has 6 nitrogen and oxygen atoms in total. The van der Waals surface area contributed by atoms with Gasteiger partial charge in [-0.15, -0.1) is 0 Å². The maximum Gasteiger partial charge on any atom is 0.226 e. The van der Waals surface area contributed by atoms with Gasteiger partial charge in [-0.1, -0.05) is 6.92 Å². The van der Waals surface area contributed by atoms with Crippen molar-refractivity contribution in [2.24, 2.45) is 5.41 Å². The second kappa shape index (κ2) is 5.70. The summed E-state index contributed by atoms with van der Waals surface area (Å²) in [7, 11) is 0. The first-order valence-corrected chi connectivity index (χ1v) is 8.02. The normalized spacial score (nSPS) is 15.4. The maximum atomic E-state index is 12.0. The first-order chi connectivity index (χ1) is 11.6. The van der Waals surface area contributed by atoms with Crippen molar-refractivity contribution in [2.75, 3.05) is 0 Å². The summed E-state index contributed by atoms with van der Waals surface area (Å²) in [4.78, 5) is 19.2. The smallest absolute Gasteiger partial charge is 0.226 e. The van der Waals surface area contributed by atoms with E-state index in [4.69, 9.17) is 9.15 Å². The van der Waals surface area contributed by atoms with Crippen LogP contribution in [0.25, 0.3) is 10.9 Å². The number of benzene rings is 1. The predicted octanol–water partition coefficient (Wildman–Crippen LogP) is 3.15. The zero-order chi connectivity index (χ0) is 16.6. The number of ether oxygens (including phenoxy) is 1. The molecule has 0 atom stereocenters. The van der Waals surface area contributed by atoms with Crippen molar-refractivity contribution in [3.8, 4) is 5.75 Å². The Labute approximate surface area is 139 Å². The van der Waals surface area contributed by atoms with E-state index >= 15 is 0 Å². The van der Waals surface area contributed by atoms with Gasteiger partial charge in [0, 0.05) is 22.7 Å². The van der Waals surface area contributed by atoms with Gasteiger partial charge in [0.25, 0.3) is 0 Å². The third-order valence-electron chi connectivity index (χ3n) is 4.50. The van der Waals surface area contributed by atoms with E-state index in [9.17, 15) is 4.79 Å². The molecule has 2 aromatic heterocycles. The molecule has 1 fully saturated rings. The van der Waals surface area contributed by atoms with Gasteiger partial charge < -0.3 is 19.5 Å². The van der Waals surface area contributed by atoms with Gasteiger partial charge in [-0.2, -0.15) is 0 Å². The molecule has 0 bridgehead atoms. The topological polar surface area (TPSA) is 80.2 Å². The second-order valence-electron chi connectivity index (χ2n) is 6.54. The van der Waals surface area contributed by atoms with Crippen molar-refractivity contribution in [3.05, 3.63) is 48.3 Å². The molecule has 1 aromatic carbocycles. The number of rotatable bonds is 6. The molecule has 1 aliphatic rings. The van der Waals surface area contributed by atoms with E-state index in [0.717, 1.165) is 35.2 Å². The minimum atomic E-state index is -0.145. The molecular weight excluding hydrogens is 306 g/mol. The fraction of sp³-hybridized carbons (Fsp3) is 0.333. The van der Waals surface area contributed by atoms with Gasteiger partial charge in [-0.3, -0.25) is 4.79 Å². The Bertz CT molecular complexity index is 863. The molecule has 24 heavy (non-hydrogen) atoms. The molecular formula is C18H19N3O3. The van der Waals surface area contributed by atoms with Crippen LogP contribution in [0, 0.1) is 5.41 Å². The number of hydrogen-bond donors (Lipinski definition) is 2. The summed E-state index contributed by atoms with van der Waals surface area (Å²) in [6.45, 7) is 2.86. The van der Waals surface area contributed by atoms with E-state index in [1.807, 2.05) is 31.2 Å². The Hall–Kier alpha value is -2.76. The molecule has 1 aliphatic carbocycles. The molecule has 0 spiro atoms. The van der Waals surface area contributed by atoms with Crippen LogP contribution in [0.4, 0.5) is 0 Å². The van der Waals surface area contributed by atoms with Crippen LogP contribution in [0.2, 0.25) is 0 Å². The Morgan fingerprint density at radius 2 is 2.29 bits per heavy atom. The number of H-pyrrole nitrogens is 1. The van der Waals surface area contributed by atoms with Gasteiger partial charge in [0.1, 0.15) is 12.4 Å². The van der Waals surface area contributed by atoms with Gasteiger partial charge in [0.05, 0.1) is 12.7 Å². The number of oxazole rings is 1. The van der Waals surface area contributed by atoms with Crippen molar-refractivity contribution in [1.82, 2.24) is 15.3 Å². The standard InChI is InChI=1S/C18H19N3O3/c1-18(4-5-18)17(22)20-8-13-6-12-2-3-14(7-16(12)21-13)23-10-15-9-19-11-24-15/h2-3,6-7,9,11,21H,4-5,8,10H2,1H3,(H,20,22). The summed E-state index contributed by atoms with van der Waals surface area (Å²) in [6.07, 6.45) is 4.98. The van der Waals surface area contributed by atoms with Crippen molar-refractivity contribution < 1.29 is 13.9 Å². The molecule has 6 heteroatoms. The number of aromatic nitrogens is 2. The summed E-state index contributed by atoms with van der Waals surface area (Å²) in [5.41, 5.74) is 1.82. The maximum absolute atomic E-state index is 12.0. The summed E-state index contributed by atoms with van der Waals surface area (Å²) in [5.74, 6) is 1.57. The molecule has 1 amide bonds. The second-order valence-corrected chi connectivity index (χ2v) is 6.54. The number of carbonyl (C=O) groups excluding carboxylic acids is 1. The van der Waals surface area contributed by atoms with E-state index in [1.54, 1.807) is 6.20 Å². The van der Waals surface area contributed by atoms with E-state index in [2.05, 4.69) is 15.3 Å². The van der Waals surface area contributed by atoms with Crippen molar-refractivity contribution in [1.29, 1.82) is 0 Å². The van der Waals surface area contributed by atoms with E-state index in [-0.39, 0.29) is 11.3 Å². The summed E-state index contributed by atoms with van der Waals surface area (Å²) < 4.78 is 10.8.